The average molecular weight is 583 g/mol. The summed E-state index contributed by atoms with van der Waals surface area (Å²) in [5, 5.41) is 5.39. The molecular weight excluding hydrogens is 544 g/mol. The molecule has 0 aliphatic carbocycles. The van der Waals surface area contributed by atoms with E-state index in [4.69, 9.17) is 16.3 Å². The summed E-state index contributed by atoms with van der Waals surface area (Å²) in [5.41, 5.74) is 1.63. The molecule has 0 bridgehead atoms. The van der Waals surface area contributed by atoms with Crippen molar-refractivity contribution in [2.75, 3.05) is 51.2 Å². The Morgan fingerprint density at radius 2 is 2.00 bits per heavy atom. The summed E-state index contributed by atoms with van der Waals surface area (Å²) in [6, 6.07) is 4.81. The molecule has 4 heterocycles. The van der Waals surface area contributed by atoms with Crippen LogP contribution in [0.5, 0.6) is 0 Å². The van der Waals surface area contributed by atoms with Gasteiger partial charge in [-0.05, 0) is 58.7 Å². The average Bonchev–Trinajstić information content (AvgIpc) is 3.32. The van der Waals surface area contributed by atoms with Gasteiger partial charge in [-0.15, -0.1) is 0 Å². The first-order valence-electron chi connectivity index (χ1n) is 14.4. The number of carbonyl (C=O) groups is 3. The zero-order valence-electron chi connectivity index (χ0n) is 24.2. The Balaban J connectivity index is 1.33. The van der Waals surface area contributed by atoms with Gasteiger partial charge in [-0.2, -0.15) is 0 Å². The highest BCUT2D eigenvalue weighted by Crippen LogP contribution is 2.33. The number of hydrogen-bond donors (Lipinski definition) is 2. The number of aromatic amines is 1. The van der Waals surface area contributed by atoms with Gasteiger partial charge < -0.3 is 24.8 Å². The molecule has 0 spiro atoms. The smallest absolute Gasteiger partial charge is 0.244 e. The number of piperidine rings is 1. The minimum Gasteiger partial charge on any atom is -0.372 e. The molecule has 1 unspecified atom stereocenters. The minimum atomic E-state index is -0.676. The summed E-state index contributed by atoms with van der Waals surface area (Å²) >= 11 is 6.45. The molecule has 2 fully saturated rings. The molecule has 11 heteroatoms. The number of rotatable bonds is 7. The third-order valence-corrected chi connectivity index (χ3v) is 8.45. The van der Waals surface area contributed by atoms with Crippen molar-refractivity contribution in [3.63, 3.8) is 0 Å². The maximum Gasteiger partial charge on any atom is 0.244 e. The molecule has 3 aromatic rings. The maximum absolute atomic E-state index is 13.7. The number of hydrogen-bond acceptors (Lipinski definition) is 6. The Morgan fingerprint density at radius 3 is 2.76 bits per heavy atom. The van der Waals surface area contributed by atoms with Crippen molar-refractivity contribution in [3.05, 3.63) is 35.6 Å². The Hall–Kier alpha value is -3.21. The molecule has 5 rings (SSSR count). The van der Waals surface area contributed by atoms with E-state index in [0.717, 1.165) is 34.6 Å². The lowest BCUT2D eigenvalue weighted by atomic mass is 9.96. The fourth-order valence-electron chi connectivity index (χ4n) is 6.07. The number of fused-ring (bicyclic) bond motifs is 3. The van der Waals surface area contributed by atoms with Gasteiger partial charge in [0.15, 0.2) is 0 Å². The van der Waals surface area contributed by atoms with E-state index in [0.29, 0.717) is 43.4 Å². The van der Waals surface area contributed by atoms with Crippen LogP contribution in [-0.2, 0) is 19.1 Å². The number of pyridine rings is 1. The molecule has 2 aliphatic heterocycles. The van der Waals surface area contributed by atoms with E-state index < -0.39 is 11.6 Å². The zero-order chi connectivity index (χ0) is 29.3. The van der Waals surface area contributed by atoms with Crippen LogP contribution in [0.2, 0.25) is 5.02 Å². The summed E-state index contributed by atoms with van der Waals surface area (Å²) < 4.78 is 6.03. The fourth-order valence-corrected chi connectivity index (χ4v) is 6.29. The number of aromatic nitrogens is 2. The molecule has 2 saturated heterocycles. The van der Waals surface area contributed by atoms with Crippen LogP contribution in [0.4, 0.5) is 5.69 Å². The van der Waals surface area contributed by atoms with Crippen LogP contribution in [0.15, 0.2) is 30.6 Å². The number of amides is 3. The van der Waals surface area contributed by atoms with Crippen LogP contribution < -0.4 is 5.32 Å². The highest BCUT2D eigenvalue weighted by molar-refractivity contribution is 6.33. The Morgan fingerprint density at radius 1 is 1.22 bits per heavy atom. The van der Waals surface area contributed by atoms with Gasteiger partial charge in [0.2, 0.25) is 17.7 Å². The van der Waals surface area contributed by atoms with Crippen molar-refractivity contribution >= 4 is 56.8 Å². The molecule has 0 saturated carbocycles. The van der Waals surface area contributed by atoms with Crippen molar-refractivity contribution in [3.8, 4) is 0 Å². The number of morpholine rings is 1. The zero-order valence-corrected chi connectivity index (χ0v) is 25.0. The molecule has 0 radical (unpaired) electrons. The second kappa shape index (κ2) is 12.0. The third kappa shape index (κ3) is 6.19. The van der Waals surface area contributed by atoms with Gasteiger partial charge in [0.25, 0.3) is 0 Å². The lowest BCUT2D eigenvalue weighted by Gasteiger charge is -2.43. The number of ether oxygens (including phenoxy) is 1. The standard InChI is InChI=1S/C30H39ClN6O4/c1-5-35(6-2)29(40)19-8-7-11-36(15-19)26(38)16-37-18-30(3,4)41-17-25(37)28(39)34-23-13-20(31)12-22-21-9-10-32-14-24(21)33-27(22)23/h9-10,12-14,19,25,33H,5-8,11,15-18H2,1-4H3,(H,34,39)/t19?,25-/m0/s1. The summed E-state index contributed by atoms with van der Waals surface area (Å²) in [6.07, 6.45) is 5.02. The molecule has 2 N–H and O–H groups in total. The molecule has 41 heavy (non-hydrogen) atoms. The first-order valence-corrected chi connectivity index (χ1v) is 14.8. The van der Waals surface area contributed by atoms with E-state index in [-0.39, 0.29) is 36.8 Å². The molecule has 2 aliphatic rings. The normalized spacial score (nSPS) is 21.2. The maximum atomic E-state index is 13.7. The van der Waals surface area contributed by atoms with Crippen LogP contribution in [-0.4, -0.2) is 99.9 Å². The van der Waals surface area contributed by atoms with Gasteiger partial charge >= 0.3 is 0 Å². The number of nitrogens with zero attached hydrogens (tertiary/aromatic N) is 4. The molecular formula is C30H39ClN6O4. The van der Waals surface area contributed by atoms with E-state index in [1.54, 1.807) is 23.4 Å². The summed E-state index contributed by atoms with van der Waals surface area (Å²) in [5.74, 6) is -0.435. The largest absolute Gasteiger partial charge is 0.372 e. The second-order valence-corrected chi connectivity index (χ2v) is 12.0. The monoisotopic (exact) mass is 582 g/mol. The first-order chi connectivity index (χ1) is 19.6. The van der Waals surface area contributed by atoms with E-state index in [1.807, 2.05) is 49.6 Å². The van der Waals surface area contributed by atoms with E-state index >= 15 is 0 Å². The second-order valence-electron chi connectivity index (χ2n) is 11.6. The van der Waals surface area contributed by atoms with E-state index in [2.05, 4.69) is 15.3 Å². The topological polar surface area (TPSA) is 111 Å². The number of halogens is 1. The predicted molar refractivity (Wildman–Crippen MR) is 160 cm³/mol. The molecule has 2 aromatic heterocycles. The van der Waals surface area contributed by atoms with Crippen LogP contribution in [0.3, 0.4) is 0 Å². The third-order valence-electron chi connectivity index (χ3n) is 8.23. The number of carbonyl (C=O) groups excluding carboxylic acids is 3. The summed E-state index contributed by atoms with van der Waals surface area (Å²) in [6.45, 7) is 10.8. The number of anilines is 1. The van der Waals surface area contributed by atoms with E-state index in [1.165, 1.54) is 0 Å². The lowest BCUT2D eigenvalue weighted by molar-refractivity contribution is -0.151. The molecule has 2 atom stereocenters. The van der Waals surface area contributed by atoms with Crippen LogP contribution in [0, 0.1) is 5.92 Å². The lowest BCUT2D eigenvalue weighted by Crippen LogP contribution is -2.60. The Kier molecular flexibility index (Phi) is 8.54. The number of benzene rings is 1. The number of H-pyrrole nitrogens is 1. The first kappa shape index (κ1) is 29.3. The highest BCUT2D eigenvalue weighted by Gasteiger charge is 2.40. The molecule has 1 aromatic carbocycles. The van der Waals surface area contributed by atoms with Gasteiger partial charge in [0.05, 0.1) is 47.6 Å². The van der Waals surface area contributed by atoms with Gasteiger partial charge in [0, 0.05) is 54.7 Å². The van der Waals surface area contributed by atoms with Gasteiger partial charge in [-0.3, -0.25) is 24.3 Å². The number of nitrogens with one attached hydrogen (secondary N) is 2. The van der Waals surface area contributed by atoms with Gasteiger partial charge in [-0.1, -0.05) is 11.6 Å². The fraction of sp³-hybridized carbons (Fsp3) is 0.533. The Labute approximate surface area is 245 Å². The van der Waals surface area contributed by atoms with Crippen molar-refractivity contribution in [1.82, 2.24) is 24.7 Å². The molecule has 10 nitrogen and oxygen atoms in total. The summed E-state index contributed by atoms with van der Waals surface area (Å²) in [4.78, 5) is 53.3. The molecule has 3 amide bonds. The quantitative estimate of drug-likeness (QED) is 0.437. The van der Waals surface area contributed by atoms with Crippen molar-refractivity contribution < 1.29 is 19.1 Å². The Bertz CT molecular complexity index is 1450. The van der Waals surface area contributed by atoms with E-state index in [9.17, 15) is 14.4 Å². The van der Waals surface area contributed by atoms with Crippen molar-refractivity contribution in [2.45, 2.75) is 52.2 Å². The predicted octanol–water partition coefficient (Wildman–Crippen LogP) is 3.89. The minimum absolute atomic E-state index is 0.0695. The van der Waals surface area contributed by atoms with Crippen molar-refractivity contribution in [1.29, 1.82) is 0 Å². The molecule has 220 valence electrons. The van der Waals surface area contributed by atoms with Crippen LogP contribution >= 0.6 is 11.6 Å². The number of likely N-dealkylation sites (tertiary alicyclic amines) is 1. The summed E-state index contributed by atoms with van der Waals surface area (Å²) in [7, 11) is 0. The SMILES string of the molecule is CCN(CC)C(=O)C1CCCN(C(=O)CN2CC(C)(C)OC[C@H]2C(=O)Nc2cc(Cl)cc3c2[nH]c2cnccc23)C1. The van der Waals surface area contributed by atoms with Crippen LogP contribution in [0.1, 0.15) is 40.5 Å². The van der Waals surface area contributed by atoms with Gasteiger partial charge in [-0.25, -0.2) is 0 Å². The van der Waals surface area contributed by atoms with Crippen LogP contribution in [0.25, 0.3) is 21.8 Å². The highest BCUT2D eigenvalue weighted by atomic mass is 35.5. The van der Waals surface area contributed by atoms with Crippen molar-refractivity contribution in [2.24, 2.45) is 5.92 Å². The van der Waals surface area contributed by atoms with Gasteiger partial charge in [0.1, 0.15) is 6.04 Å².